The molecule has 0 aromatic rings. The van der Waals surface area contributed by atoms with Crippen LogP contribution >= 0.6 is 0 Å². The molecule has 0 aliphatic heterocycles. The first-order valence-electron chi connectivity index (χ1n) is 6.11. The zero-order valence-corrected chi connectivity index (χ0v) is 11.0. The first kappa shape index (κ1) is 15.9. The molecular weight excluding hydrogens is 220 g/mol. The quantitative estimate of drug-likeness (QED) is 0.615. The number of amides is 1. The van der Waals surface area contributed by atoms with Crippen molar-refractivity contribution in [2.45, 2.75) is 33.6 Å². The van der Waals surface area contributed by atoms with E-state index in [4.69, 9.17) is 10.5 Å². The number of rotatable bonds is 8. The maximum absolute atomic E-state index is 11.5. The maximum atomic E-state index is 11.5. The van der Waals surface area contributed by atoms with Crippen molar-refractivity contribution < 1.29 is 14.3 Å². The number of hydrogen-bond donors (Lipinski definition) is 2. The molecule has 0 rings (SSSR count). The lowest BCUT2D eigenvalue weighted by Gasteiger charge is -2.16. The molecule has 1 atom stereocenters. The van der Waals surface area contributed by atoms with Crippen LogP contribution in [0.5, 0.6) is 0 Å². The molecule has 0 bridgehead atoms. The molecular formula is C12H24N2O3. The fraction of sp³-hybridized carbons (Fsp3) is 0.833. The summed E-state index contributed by atoms with van der Waals surface area (Å²) < 4.78 is 4.71. The van der Waals surface area contributed by atoms with Crippen molar-refractivity contribution in [3.05, 3.63) is 0 Å². The Morgan fingerprint density at radius 3 is 2.47 bits per heavy atom. The lowest BCUT2D eigenvalue weighted by molar-refractivity contribution is -0.143. The minimum atomic E-state index is -0.408. The Hall–Kier alpha value is -1.10. The van der Waals surface area contributed by atoms with Crippen molar-refractivity contribution >= 4 is 11.9 Å². The largest absolute Gasteiger partial charge is 0.465 e. The van der Waals surface area contributed by atoms with Gasteiger partial charge in [-0.25, -0.2) is 0 Å². The van der Waals surface area contributed by atoms with Crippen molar-refractivity contribution in [1.29, 1.82) is 0 Å². The molecule has 0 aromatic carbocycles. The molecule has 0 aromatic heterocycles. The van der Waals surface area contributed by atoms with E-state index in [-0.39, 0.29) is 18.4 Å². The summed E-state index contributed by atoms with van der Waals surface area (Å²) in [5.41, 5.74) is 5.60. The van der Waals surface area contributed by atoms with Gasteiger partial charge in [0.2, 0.25) is 5.91 Å². The topological polar surface area (TPSA) is 81.4 Å². The van der Waals surface area contributed by atoms with Gasteiger partial charge in [0, 0.05) is 6.42 Å². The number of esters is 1. The van der Waals surface area contributed by atoms with E-state index in [2.05, 4.69) is 19.2 Å². The predicted octanol–water partition coefficient (Wildman–Crippen LogP) is 0.677. The highest BCUT2D eigenvalue weighted by Gasteiger charge is 2.14. The molecule has 100 valence electrons. The van der Waals surface area contributed by atoms with Crippen LogP contribution in [0.1, 0.15) is 33.6 Å². The van der Waals surface area contributed by atoms with Crippen LogP contribution in [-0.4, -0.2) is 31.6 Å². The number of ether oxygens (including phenoxy) is 1. The van der Waals surface area contributed by atoms with Gasteiger partial charge in [-0.15, -0.1) is 0 Å². The summed E-state index contributed by atoms with van der Waals surface area (Å²) in [6.07, 6.45) is 1.29. The average molecular weight is 244 g/mol. The molecule has 1 amide bonds. The van der Waals surface area contributed by atoms with Gasteiger partial charge in [-0.1, -0.05) is 13.8 Å². The third-order valence-electron chi connectivity index (χ3n) is 2.35. The highest BCUT2D eigenvalue weighted by molar-refractivity contribution is 5.81. The van der Waals surface area contributed by atoms with Crippen molar-refractivity contribution in [1.82, 2.24) is 5.32 Å². The van der Waals surface area contributed by atoms with Gasteiger partial charge in [-0.2, -0.15) is 0 Å². The van der Waals surface area contributed by atoms with E-state index in [1.54, 1.807) is 6.92 Å². The minimum absolute atomic E-state index is 0.0638. The molecule has 3 N–H and O–H groups in total. The monoisotopic (exact) mass is 244 g/mol. The Morgan fingerprint density at radius 1 is 1.35 bits per heavy atom. The van der Waals surface area contributed by atoms with Crippen LogP contribution in [0.3, 0.4) is 0 Å². The summed E-state index contributed by atoms with van der Waals surface area (Å²) in [6, 6.07) is 0. The second kappa shape index (κ2) is 8.98. The van der Waals surface area contributed by atoms with Crippen LogP contribution in [0.4, 0.5) is 0 Å². The summed E-state index contributed by atoms with van der Waals surface area (Å²) in [6.45, 7) is 6.68. The number of nitrogens with two attached hydrogens (primary N) is 1. The molecule has 0 aliphatic carbocycles. The van der Waals surface area contributed by atoms with Gasteiger partial charge >= 0.3 is 5.97 Å². The van der Waals surface area contributed by atoms with E-state index in [0.29, 0.717) is 25.5 Å². The summed E-state index contributed by atoms with van der Waals surface area (Å²) in [5, 5.41) is 2.54. The van der Waals surface area contributed by atoms with E-state index < -0.39 is 5.97 Å². The number of carbonyl (C=O) groups excluding carboxylic acids is 2. The molecule has 0 heterocycles. The molecule has 5 nitrogen and oxygen atoms in total. The number of carbonyl (C=O) groups is 2. The number of hydrogen-bond acceptors (Lipinski definition) is 4. The Bertz CT molecular complexity index is 242. The highest BCUT2D eigenvalue weighted by Crippen LogP contribution is 2.13. The SMILES string of the molecule is CCOC(=O)CNC(=O)CC(CN)CC(C)C. The van der Waals surface area contributed by atoms with Crippen LogP contribution < -0.4 is 11.1 Å². The first-order chi connectivity index (χ1) is 7.99. The zero-order chi connectivity index (χ0) is 13.3. The van der Waals surface area contributed by atoms with E-state index in [0.717, 1.165) is 6.42 Å². The van der Waals surface area contributed by atoms with Crippen molar-refractivity contribution in [3.63, 3.8) is 0 Å². The van der Waals surface area contributed by atoms with Crippen LogP contribution in [0, 0.1) is 11.8 Å². The smallest absolute Gasteiger partial charge is 0.325 e. The van der Waals surface area contributed by atoms with E-state index in [1.807, 2.05) is 0 Å². The Kier molecular flexibility index (Phi) is 8.40. The predicted molar refractivity (Wildman–Crippen MR) is 66.3 cm³/mol. The maximum Gasteiger partial charge on any atom is 0.325 e. The summed E-state index contributed by atoms with van der Waals surface area (Å²) in [5.74, 6) is 0.141. The molecule has 1 unspecified atom stereocenters. The van der Waals surface area contributed by atoms with Crippen LogP contribution in [0.15, 0.2) is 0 Å². The van der Waals surface area contributed by atoms with Crippen LogP contribution in [0.2, 0.25) is 0 Å². The lowest BCUT2D eigenvalue weighted by atomic mass is 9.94. The fourth-order valence-corrected chi connectivity index (χ4v) is 1.65. The molecule has 0 saturated heterocycles. The average Bonchev–Trinajstić information content (AvgIpc) is 2.25. The molecule has 0 spiro atoms. The van der Waals surface area contributed by atoms with Gasteiger partial charge in [-0.3, -0.25) is 9.59 Å². The zero-order valence-electron chi connectivity index (χ0n) is 11.0. The van der Waals surface area contributed by atoms with Crippen molar-refractivity contribution in [2.24, 2.45) is 17.6 Å². The van der Waals surface area contributed by atoms with Gasteiger partial charge in [0.1, 0.15) is 6.54 Å². The lowest BCUT2D eigenvalue weighted by Crippen LogP contribution is -2.33. The standard InChI is InChI=1S/C12H24N2O3/c1-4-17-12(16)8-14-11(15)6-10(7-13)5-9(2)3/h9-10H,4-8,13H2,1-3H3,(H,14,15). The second-order valence-electron chi connectivity index (χ2n) is 4.52. The Labute approximate surface area is 103 Å². The third kappa shape index (κ3) is 8.68. The summed E-state index contributed by atoms with van der Waals surface area (Å²) >= 11 is 0. The molecule has 0 fully saturated rings. The Balaban J connectivity index is 3.86. The molecule has 0 aliphatic rings. The highest BCUT2D eigenvalue weighted by atomic mass is 16.5. The molecule has 17 heavy (non-hydrogen) atoms. The van der Waals surface area contributed by atoms with E-state index in [1.165, 1.54) is 0 Å². The fourth-order valence-electron chi connectivity index (χ4n) is 1.65. The van der Waals surface area contributed by atoms with Crippen molar-refractivity contribution in [2.75, 3.05) is 19.7 Å². The summed E-state index contributed by atoms with van der Waals surface area (Å²) in [4.78, 5) is 22.5. The minimum Gasteiger partial charge on any atom is -0.465 e. The second-order valence-corrected chi connectivity index (χ2v) is 4.52. The van der Waals surface area contributed by atoms with Crippen molar-refractivity contribution in [3.8, 4) is 0 Å². The molecule has 5 heteroatoms. The van der Waals surface area contributed by atoms with Gasteiger partial charge in [0.05, 0.1) is 6.61 Å². The van der Waals surface area contributed by atoms with Gasteiger partial charge in [0.25, 0.3) is 0 Å². The normalized spacial score (nSPS) is 12.3. The molecule has 0 saturated carbocycles. The van der Waals surface area contributed by atoms with Gasteiger partial charge < -0.3 is 15.8 Å². The third-order valence-corrected chi connectivity index (χ3v) is 2.35. The van der Waals surface area contributed by atoms with E-state index in [9.17, 15) is 9.59 Å². The first-order valence-corrected chi connectivity index (χ1v) is 6.11. The van der Waals surface area contributed by atoms with Crippen LogP contribution in [0.25, 0.3) is 0 Å². The molecule has 0 radical (unpaired) electrons. The number of nitrogens with one attached hydrogen (secondary N) is 1. The van der Waals surface area contributed by atoms with Crippen LogP contribution in [-0.2, 0) is 14.3 Å². The van der Waals surface area contributed by atoms with E-state index >= 15 is 0 Å². The Morgan fingerprint density at radius 2 is 2.00 bits per heavy atom. The van der Waals surface area contributed by atoms with Gasteiger partial charge in [-0.05, 0) is 31.7 Å². The van der Waals surface area contributed by atoms with Gasteiger partial charge in [0.15, 0.2) is 0 Å². The summed E-state index contributed by atoms with van der Waals surface area (Å²) in [7, 11) is 0.